The minimum Gasteiger partial charge on any atom is -0.352 e. The topological polar surface area (TPSA) is 79.2 Å². The molecule has 0 saturated carbocycles. The summed E-state index contributed by atoms with van der Waals surface area (Å²) in [7, 11) is 0. The number of carbonyl (C=O) groups excluding carboxylic acids is 1. The fourth-order valence-electron chi connectivity index (χ4n) is 2.89. The van der Waals surface area contributed by atoms with E-state index in [1.54, 1.807) is 40.0 Å². The Hall–Kier alpha value is -3.13. The first-order valence-corrected chi connectivity index (χ1v) is 8.97. The molecule has 0 bridgehead atoms. The second kappa shape index (κ2) is 7.63. The molecule has 138 valence electrons. The van der Waals surface area contributed by atoms with Crippen molar-refractivity contribution in [2.45, 2.75) is 0 Å². The molecule has 1 aliphatic rings. The molecule has 1 N–H and O–H groups in total. The van der Waals surface area contributed by atoms with Crippen LogP contribution in [0.5, 0.6) is 0 Å². The van der Waals surface area contributed by atoms with Crippen LogP contribution in [0.3, 0.4) is 0 Å². The molecule has 0 unspecified atom stereocenters. The van der Waals surface area contributed by atoms with Crippen LogP contribution in [0.4, 0.5) is 16.3 Å². The molecule has 27 heavy (non-hydrogen) atoms. The van der Waals surface area contributed by atoms with Crippen LogP contribution in [-0.2, 0) is 0 Å². The minimum atomic E-state index is -0.114. The molecule has 0 aliphatic carbocycles. The highest BCUT2D eigenvalue weighted by Gasteiger charge is 2.22. The van der Waals surface area contributed by atoms with Crippen LogP contribution in [0.1, 0.15) is 0 Å². The van der Waals surface area contributed by atoms with Gasteiger partial charge in [-0.15, -0.1) is 10.2 Å². The summed E-state index contributed by atoms with van der Waals surface area (Å²) in [5.41, 5.74) is 0.729. The molecular formula is C18H18ClN7O. The van der Waals surface area contributed by atoms with E-state index in [2.05, 4.69) is 25.5 Å². The fraction of sp³-hybridized carbons (Fsp3) is 0.222. The number of halogens is 1. The largest absolute Gasteiger partial charge is 0.352 e. The molecule has 8 nitrogen and oxygen atoms in total. The van der Waals surface area contributed by atoms with Gasteiger partial charge in [-0.25, -0.2) is 9.48 Å². The first kappa shape index (κ1) is 17.3. The maximum atomic E-state index is 12.4. The van der Waals surface area contributed by atoms with Crippen LogP contribution >= 0.6 is 11.6 Å². The van der Waals surface area contributed by atoms with Crippen LogP contribution in [0, 0.1) is 0 Å². The van der Waals surface area contributed by atoms with Crippen molar-refractivity contribution in [1.82, 2.24) is 24.9 Å². The van der Waals surface area contributed by atoms with Gasteiger partial charge in [-0.3, -0.25) is 0 Å². The first-order valence-electron chi connectivity index (χ1n) is 8.59. The number of benzene rings is 1. The second-order valence-corrected chi connectivity index (χ2v) is 6.55. The lowest BCUT2D eigenvalue weighted by molar-refractivity contribution is 0.208. The van der Waals surface area contributed by atoms with E-state index >= 15 is 0 Å². The van der Waals surface area contributed by atoms with Gasteiger partial charge in [0.05, 0.1) is 0 Å². The molecular weight excluding hydrogens is 366 g/mol. The van der Waals surface area contributed by atoms with Gasteiger partial charge in [0.25, 0.3) is 0 Å². The maximum Gasteiger partial charge on any atom is 0.321 e. The van der Waals surface area contributed by atoms with Crippen molar-refractivity contribution in [2.24, 2.45) is 0 Å². The summed E-state index contributed by atoms with van der Waals surface area (Å²) in [5, 5.41) is 16.2. The monoisotopic (exact) mass is 383 g/mol. The Bertz CT molecular complexity index is 888. The quantitative estimate of drug-likeness (QED) is 0.752. The van der Waals surface area contributed by atoms with Crippen LogP contribution < -0.4 is 10.2 Å². The third-order valence-corrected chi connectivity index (χ3v) is 4.61. The van der Waals surface area contributed by atoms with E-state index in [9.17, 15) is 4.79 Å². The van der Waals surface area contributed by atoms with Gasteiger partial charge in [-0.05, 0) is 42.5 Å². The Balaban J connectivity index is 1.33. The number of amides is 2. The predicted molar refractivity (Wildman–Crippen MR) is 103 cm³/mol. The van der Waals surface area contributed by atoms with Crippen molar-refractivity contribution in [3.05, 3.63) is 59.9 Å². The number of carbonyl (C=O) groups is 1. The Morgan fingerprint density at radius 2 is 1.67 bits per heavy atom. The zero-order chi connectivity index (χ0) is 18.6. The molecule has 0 spiro atoms. The lowest BCUT2D eigenvalue weighted by Crippen LogP contribution is -2.50. The molecule has 1 aliphatic heterocycles. The molecule has 1 aromatic carbocycles. The lowest BCUT2D eigenvalue weighted by atomic mass is 10.3. The standard InChI is InChI=1S/C18H18ClN7O/c19-14-2-4-15(5-3-14)21-18(27)25-12-10-24(11-13-25)16-6-7-17(23-22-16)26-9-1-8-20-26/h1-9H,10-13H2,(H,21,27). The fourth-order valence-corrected chi connectivity index (χ4v) is 3.01. The third-order valence-electron chi connectivity index (χ3n) is 4.36. The van der Waals surface area contributed by atoms with Crippen molar-refractivity contribution < 1.29 is 4.79 Å². The smallest absolute Gasteiger partial charge is 0.321 e. The molecule has 4 rings (SSSR count). The van der Waals surface area contributed by atoms with E-state index in [1.807, 2.05) is 24.4 Å². The van der Waals surface area contributed by atoms with E-state index < -0.39 is 0 Å². The minimum absolute atomic E-state index is 0.114. The average Bonchev–Trinajstić information content (AvgIpc) is 3.25. The van der Waals surface area contributed by atoms with Crippen LogP contribution in [0.2, 0.25) is 5.02 Å². The number of hydrogen-bond acceptors (Lipinski definition) is 5. The van der Waals surface area contributed by atoms with Crippen LogP contribution in [0.15, 0.2) is 54.9 Å². The molecule has 3 heterocycles. The number of anilines is 2. The molecule has 3 aromatic rings. The Morgan fingerprint density at radius 1 is 0.963 bits per heavy atom. The van der Waals surface area contributed by atoms with Crippen LogP contribution in [0.25, 0.3) is 5.82 Å². The van der Waals surface area contributed by atoms with Gasteiger partial charge in [0, 0.05) is 49.3 Å². The second-order valence-electron chi connectivity index (χ2n) is 6.11. The first-order chi connectivity index (χ1) is 13.2. The van der Waals surface area contributed by atoms with E-state index in [-0.39, 0.29) is 6.03 Å². The van der Waals surface area contributed by atoms with Crippen molar-refractivity contribution in [1.29, 1.82) is 0 Å². The van der Waals surface area contributed by atoms with E-state index in [0.717, 1.165) is 11.5 Å². The molecule has 0 radical (unpaired) electrons. The number of aromatic nitrogens is 4. The number of nitrogens with zero attached hydrogens (tertiary/aromatic N) is 6. The van der Waals surface area contributed by atoms with Crippen molar-refractivity contribution in [3.63, 3.8) is 0 Å². The van der Waals surface area contributed by atoms with Gasteiger partial charge in [-0.2, -0.15) is 5.10 Å². The number of urea groups is 1. The zero-order valence-electron chi connectivity index (χ0n) is 14.5. The van der Waals surface area contributed by atoms with Gasteiger partial charge in [0.2, 0.25) is 0 Å². The molecule has 0 atom stereocenters. The van der Waals surface area contributed by atoms with E-state index in [1.165, 1.54) is 0 Å². The molecule has 2 amide bonds. The SMILES string of the molecule is O=C(Nc1ccc(Cl)cc1)N1CCN(c2ccc(-n3cccn3)nn2)CC1. The lowest BCUT2D eigenvalue weighted by Gasteiger charge is -2.35. The summed E-state index contributed by atoms with van der Waals surface area (Å²) in [4.78, 5) is 16.3. The van der Waals surface area contributed by atoms with Crippen molar-refractivity contribution in [2.75, 3.05) is 36.4 Å². The Labute approximate surface area is 161 Å². The van der Waals surface area contributed by atoms with Gasteiger partial charge >= 0.3 is 6.03 Å². The molecule has 1 saturated heterocycles. The van der Waals surface area contributed by atoms with Crippen molar-refractivity contribution >= 4 is 29.1 Å². The number of nitrogens with one attached hydrogen (secondary N) is 1. The molecule has 2 aromatic heterocycles. The normalized spacial score (nSPS) is 14.3. The van der Waals surface area contributed by atoms with Gasteiger partial charge in [0.15, 0.2) is 11.6 Å². The highest BCUT2D eigenvalue weighted by atomic mass is 35.5. The highest BCUT2D eigenvalue weighted by Crippen LogP contribution is 2.16. The summed E-state index contributed by atoms with van der Waals surface area (Å²) >= 11 is 5.87. The Morgan fingerprint density at radius 3 is 2.30 bits per heavy atom. The van der Waals surface area contributed by atoms with Gasteiger partial charge in [0.1, 0.15) is 0 Å². The highest BCUT2D eigenvalue weighted by molar-refractivity contribution is 6.30. The maximum absolute atomic E-state index is 12.4. The van der Waals surface area contributed by atoms with Gasteiger partial charge < -0.3 is 15.1 Å². The van der Waals surface area contributed by atoms with Crippen molar-refractivity contribution in [3.8, 4) is 5.82 Å². The van der Waals surface area contributed by atoms with E-state index in [4.69, 9.17) is 11.6 Å². The average molecular weight is 384 g/mol. The summed E-state index contributed by atoms with van der Waals surface area (Å²) in [6.07, 6.45) is 3.52. The Kier molecular flexibility index (Phi) is 4.88. The van der Waals surface area contributed by atoms with Gasteiger partial charge in [-0.1, -0.05) is 11.6 Å². The number of rotatable bonds is 3. The summed E-state index contributed by atoms with van der Waals surface area (Å²) < 4.78 is 1.66. The molecule has 9 heteroatoms. The summed E-state index contributed by atoms with van der Waals surface area (Å²) in [5.74, 6) is 1.47. The molecule has 1 fully saturated rings. The summed E-state index contributed by atoms with van der Waals surface area (Å²) in [6, 6.07) is 12.6. The number of hydrogen-bond donors (Lipinski definition) is 1. The number of piperazine rings is 1. The summed E-state index contributed by atoms with van der Waals surface area (Å²) in [6.45, 7) is 2.62. The van der Waals surface area contributed by atoms with E-state index in [0.29, 0.717) is 37.0 Å². The van der Waals surface area contributed by atoms with Crippen LogP contribution in [-0.4, -0.2) is 57.1 Å². The predicted octanol–water partition coefficient (Wildman–Crippen LogP) is 2.67. The third kappa shape index (κ3) is 4.01. The zero-order valence-corrected chi connectivity index (χ0v) is 15.3.